The maximum atomic E-state index is 4.64. The molecule has 1 rings (SSSR count). The monoisotopic (exact) mass is 263 g/mol. The molecule has 0 radical (unpaired) electrons. The molecule has 1 atom stereocenters. The lowest BCUT2D eigenvalue weighted by molar-refractivity contribution is 0.562. The average molecular weight is 263 g/mol. The molecular formula is C16H29N3. The summed E-state index contributed by atoms with van der Waals surface area (Å²) in [5.41, 5.74) is 1.05. The molecule has 3 heteroatoms. The van der Waals surface area contributed by atoms with Gasteiger partial charge in [0, 0.05) is 23.7 Å². The average Bonchev–Trinajstić information content (AvgIpc) is 2.35. The minimum Gasteiger partial charge on any atom is -0.367 e. The van der Waals surface area contributed by atoms with Crippen molar-refractivity contribution in [3.8, 4) is 0 Å². The van der Waals surface area contributed by atoms with Crippen LogP contribution in [0.1, 0.15) is 77.2 Å². The van der Waals surface area contributed by atoms with Crippen molar-refractivity contribution < 1.29 is 0 Å². The topological polar surface area (TPSA) is 37.8 Å². The van der Waals surface area contributed by atoms with Crippen molar-refractivity contribution in [3.05, 3.63) is 17.6 Å². The molecule has 0 aromatic carbocycles. The highest BCUT2D eigenvalue weighted by Gasteiger charge is 2.10. The molecule has 1 N–H and O–H groups in total. The zero-order chi connectivity index (χ0) is 14.3. The number of anilines is 1. The molecule has 0 spiro atoms. The Labute approximate surface area is 118 Å². The van der Waals surface area contributed by atoms with Crippen LogP contribution in [-0.4, -0.2) is 16.0 Å². The van der Waals surface area contributed by atoms with Crippen molar-refractivity contribution in [2.24, 2.45) is 0 Å². The van der Waals surface area contributed by atoms with Crippen LogP contribution in [0.4, 0.5) is 5.82 Å². The molecule has 1 aromatic rings. The summed E-state index contributed by atoms with van der Waals surface area (Å²) in [5, 5.41) is 3.60. The number of aromatic nitrogens is 2. The molecule has 3 nitrogen and oxygen atoms in total. The van der Waals surface area contributed by atoms with Gasteiger partial charge in [0.1, 0.15) is 11.6 Å². The minimum atomic E-state index is 0.376. The van der Waals surface area contributed by atoms with Crippen LogP contribution >= 0.6 is 0 Å². The van der Waals surface area contributed by atoms with Crippen LogP contribution in [0.25, 0.3) is 0 Å². The van der Waals surface area contributed by atoms with Crippen LogP contribution < -0.4 is 5.32 Å². The van der Waals surface area contributed by atoms with E-state index in [-0.39, 0.29) is 0 Å². The first-order valence-electron chi connectivity index (χ1n) is 7.68. The molecule has 0 saturated carbocycles. The van der Waals surface area contributed by atoms with Crippen LogP contribution in [-0.2, 0) is 0 Å². The maximum Gasteiger partial charge on any atom is 0.133 e. The Morgan fingerprint density at radius 3 is 2.42 bits per heavy atom. The maximum absolute atomic E-state index is 4.64. The summed E-state index contributed by atoms with van der Waals surface area (Å²) in [7, 11) is 0. The SMILES string of the molecule is CCCCC(CCC)Nc1cc(C)nc(C(C)C)n1. The van der Waals surface area contributed by atoms with Gasteiger partial charge in [0.15, 0.2) is 0 Å². The highest BCUT2D eigenvalue weighted by atomic mass is 15.0. The fourth-order valence-corrected chi connectivity index (χ4v) is 2.22. The molecule has 0 bridgehead atoms. The molecule has 1 unspecified atom stereocenters. The predicted molar refractivity (Wildman–Crippen MR) is 82.7 cm³/mol. The largest absolute Gasteiger partial charge is 0.367 e. The number of aryl methyl sites for hydroxylation is 1. The molecule has 0 amide bonds. The van der Waals surface area contributed by atoms with Crippen molar-refractivity contribution >= 4 is 5.82 Å². The van der Waals surface area contributed by atoms with Gasteiger partial charge < -0.3 is 5.32 Å². The van der Waals surface area contributed by atoms with Gasteiger partial charge in [-0.1, -0.05) is 47.0 Å². The Morgan fingerprint density at radius 2 is 1.84 bits per heavy atom. The number of hydrogen-bond donors (Lipinski definition) is 1. The van der Waals surface area contributed by atoms with E-state index in [2.05, 4.69) is 49.0 Å². The Morgan fingerprint density at radius 1 is 1.11 bits per heavy atom. The minimum absolute atomic E-state index is 0.376. The fraction of sp³-hybridized carbons (Fsp3) is 0.750. The van der Waals surface area contributed by atoms with Gasteiger partial charge in [-0.15, -0.1) is 0 Å². The Bertz CT molecular complexity index is 374. The number of nitrogens with zero attached hydrogens (tertiary/aromatic N) is 2. The fourth-order valence-electron chi connectivity index (χ4n) is 2.22. The van der Waals surface area contributed by atoms with Crippen LogP contribution in [0.2, 0.25) is 0 Å². The molecule has 0 saturated heterocycles. The molecule has 1 heterocycles. The number of nitrogens with one attached hydrogen (secondary N) is 1. The number of unbranched alkanes of at least 4 members (excludes halogenated alkanes) is 1. The van der Waals surface area contributed by atoms with Crippen LogP contribution in [0.3, 0.4) is 0 Å². The predicted octanol–water partition coefficient (Wildman–Crippen LogP) is 4.68. The van der Waals surface area contributed by atoms with E-state index in [1.807, 2.05) is 6.92 Å². The lowest BCUT2D eigenvalue weighted by Gasteiger charge is -2.19. The van der Waals surface area contributed by atoms with E-state index in [0.717, 1.165) is 17.3 Å². The zero-order valence-electron chi connectivity index (χ0n) is 13.2. The molecule has 0 aliphatic heterocycles. The van der Waals surface area contributed by atoms with Crippen LogP contribution in [0.5, 0.6) is 0 Å². The third-order valence-electron chi connectivity index (χ3n) is 3.28. The summed E-state index contributed by atoms with van der Waals surface area (Å²) in [5.74, 6) is 2.31. The summed E-state index contributed by atoms with van der Waals surface area (Å²) in [4.78, 5) is 9.14. The van der Waals surface area contributed by atoms with Gasteiger partial charge in [-0.3, -0.25) is 0 Å². The van der Waals surface area contributed by atoms with E-state index < -0.39 is 0 Å². The van der Waals surface area contributed by atoms with Gasteiger partial charge in [0.25, 0.3) is 0 Å². The normalized spacial score (nSPS) is 12.7. The standard InChI is InChI=1S/C16H29N3/c1-6-8-10-14(9-7-2)18-15-11-13(5)17-16(19-15)12(3)4/h11-12,14H,6-10H2,1-5H3,(H,17,18,19). The Balaban J connectivity index is 2.77. The van der Waals surface area contributed by atoms with Crippen molar-refractivity contribution in [2.75, 3.05) is 5.32 Å². The summed E-state index contributed by atoms with van der Waals surface area (Å²) in [6.07, 6.45) is 6.17. The molecule has 0 aliphatic rings. The first-order chi connectivity index (χ1) is 9.06. The molecule has 0 aliphatic carbocycles. The van der Waals surface area contributed by atoms with E-state index in [0.29, 0.717) is 12.0 Å². The summed E-state index contributed by atoms with van der Waals surface area (Å²) in [6.45, 7) is 10.8. The summed E-state index contributed by atoms with van der Waals surface area (Å²) >= 11 is 0. The van der Waals surface area contributed by atoms with Gasteiger partial charge in [0.05, 0.1) is 0 Å². The molecule has 1 aromatic heterocycles. The molecule has 108 valence electrons. The smallest absolute Gasteiger partial charge is 0.133 e. The van der Waals surface area contributed by atoms with Gasteiger partial charge in [-0.25, -0.2) is 9.97 Å². The van der Waals surface area contributed by atoms with Crippen LogP contribution in [0, 0.1) is 6.92 Å². The lowest BCUT2D eigenvalue weighted by atomic mass is 10.1. The summed E-state index contributed by atoms with van der Waals surface area (Å²) < 4.78 is 0. The highest BCUT2D eigenvalue weighted by Crippen LogP contribution is 2.17. The zero-order valence-corrected chi connectivity index (χ0v) is 13.2. The quantitative estimate of drug-likeness (QED) is 0.740. The molecule has 0 fully saturated rings. The second kappa shape index (κ2) is 8.13. The third kappa shape index (κ3) is 5.58. The van der Waals surface area contributed by atoms with E-state index in [9.17, 15) is 0 Å². The van der Waals surface area contributed by atoms with Crippen molar-refractivity contribution in [3.63, 3.8) is 0 Å². The van der Waals surface area contributed by atoms with Crippen molar-refractivity contribution in [1.82, 2.24) is 9.97 Å². The second-order valence-corrected chi connectivity index (χ2v) is 5.68. The van der Waals surface area contributed by atoms with E-state index in [1.54, 1.807) is 0 Å². The van der Waals surface area contributed by atoms with Gasteiger partial charge in [-0.2, -0.15) is 0 Å². The lowest BCUT2D eigenvalue weighted by Crippen LogP contribution is -2.20. The second-order valence-electron chi connectivity index (χ2n) is 5.68. The Hall–Kier alpha value is -1.12. The van der Waals surface area contributed by atoms with Crippen LogP contribution in [0.15, 0.2) is 6.07 Å². The van der Waals surface area contributed by atoms with Crippen molar-refractivity contribution in [1.29, 1.82) is 0 Å². The Kier molecular flexibility index (Phi) is 6.82. The molecular weight excluding hydrogens is 234 g/mol. The third-order valence-corrected chi connectivity index (χ3v) is 3.28. The van der Waals surface area contributed by atoms with Crippen molar-refractivity contribution in [2.45, 2.75) is 78.7 Å². The first kappa shape index (κ1) is 15.9. The molecule has 19 heavy (non-hydrogen) atoms. The van der Waals surface area contributed by atoms with E-state index in [4.69, 9.17) is 0 Å². The van der Waals surface area contributed by atoms with Gasteiger partial charge in [-0.05, 0) is 19.8 Å². The number of hydrogen-bond acceptors (Lipinski definition) is 3. The van der Waals surface area contributed by atoms with E-state index >= 15 is 0 Å². The first-order valence-corrected chi connectivity index (χ1v) is 7.68. The van der Waals surface area contributed by atoms with Gasteiger partial charge in [0.2, 0.25) is 0 Å². The highest BCUT2D eigenvalue weighted by molar-refractivity contribution is 5.37. The van der Waals surface area contributed by atoms with E-state index in [1.165, 1.54) is 32.1 Å². The number of rotatable bonds is 8. The van der Waals surface area contributed by atoms with Gasteiger partial charge >= 0.3 is 0 Å². The summed E-state index contributed by atoms with van der Waals surface area (Å²) in [6, 6.07) is 2.60.